The largest absolute Gasteiger partial charge is 0.262 e. The molecule has 1 rings (SSSR count). The zero-order valence-electron chi connectivity index (χ0n) is 14.7. The van der Waals surface area contributed by atoms with Crippen LogP contribution in [0.5, 0.6) is 0 Å². The topological polar surface area (TPSA) is 0 Å². The van der Waals surface area contributed by atoms with Crippen LogP contribution in [-0.2, 0) is 0 Å². The van der Waals surface area contributed by atoms with E-state index in [2.05, 4.69) is 41.5 Å². The molecule has 0 amide bonds. The van der Waals surface area contributed by atoms with E-state index >= 15 is 0 Å². The molecule has 114 valence electrons. The van der Waals surface area contributed by atoms with Crippen LogP contribution in [0.15, 0.2) is 0 Å². The molecule has 0 saturated heterocycles. The summed E-state index contributed by atoms with van der Waals surface area (Å²) in [5.74, 6) is 2.78. The molecule has 1 fully saturated rings. The van der Waals surface area contributed by atoms with Crippen LogP contribution in [0.3, 0.4) is 0 Å². The van der Waals surface area contributed by atoms with Gasteiger partial charge < -0.3 is 0 Å². The van der Waals surface area contributed by atoms with E-state index < -0.39 is 14.1 Å². The molecule has 1 aliphatic carbocycles. The highest BCUT2D eigenvalue weighted by Gasteiger charge is 2.20. The Kier molecular flexibility index (Phi) is 12.6. The molecule has 0 aromatic rings. The maximum atomic E-state index is 2.38. The summed E-state index contributed by atoms with van der Waals surface area (Å²) in [6.07, 6.45) is 9.00. The summed E-state index contributed by atoms with van der Waals surface area (Å²) in [7, 11) is 0. The third kappa shape index (κ3) is 14.7. The maximum Gasteiger partial charge on any atom is 0.262 e. The molecule has 0 spiro atoms. The second kappa shape index (κ2) is 12.3. The molecule has 0 aromatic carbocycles. The van der Waals surface area contributed by atoms with E-state index in [0.717, 1.165) is 17.8 Å². The molecule has 0 radical (unpaired) electrons. The van der Waals surface area contributed by atoms with Crippen LogP contribution >= 0.6 is 0 Å². The van der Waals surface area contributed by atoms with Gasteiger partial charge in [0, 0.05) is 0 Å². The summed E-state index contributed by atoms with van der Waals surface area (Å²) in [5, 5.41) is 4.66. The van der Waals surface area contributed by atoms with Crippen LogP contribution in [0.4, 0.5) is 0 Å². The minimum atomic E-state index is -0.407. The van der Waals surface area contributed by atoms with E-state index in [0.29, 0.717) is 0 Å². The van der Waals surface area contributed by atoms with Crippen LogP contribution in [0, 0.1) is 17.8 Å². The highest BCUT2D eigenvalue weighted by Crippen LogP contribution is 2.21. The van der Waals surface area contributed by atoms with E-state index in [-0.39, 0.29) is 0 Å². The minimum absolute atomic E-state index is 0.407. The Balaban J connectivity index is 0.000000443. The van der Waals surface area contributed by atoms with E-state index in [9.17, 15) is 0 Å². The molecule has 0 aliphatic heterocycles. The molecule has 1 saturated carbocycles. The quantitative estimate of drug-likeness (QED) is 0.470. The first-order valence-corrected chi connectivity index (χ1v) is 11.4. The monoisotopic (exact) mass is 282 g/mol. The molecule has 19 heavy (non-hydrogen) atoms. The fourth-order valence-corrected chi connectivity index (χ4v) is 7.93. The van der Waals surface area contributed by atoms with E-state index in [4.69, 9.17) is 0 Å². The SMILES string of the molecule is C1CCCCC1.CC(C)[CH2][Al]([CH2]C(C)C)[CH2]C(C)C. The van der Waals surface area contributed by atoms with Gasteiger partial charge >= 0.3 is 0 Å². The normalized spacial score (nSPS) is 15.6. The van der Waals surface area contributed by atoms with Crippen LogP contribution in [-0.4, -0.2) is 14.1 Å². The number of rotatable bonds is 6. The van der Waals surface area contributed by atoms with Crippen LogP contribution in [0.2, 0.25) is 15.8 Å². The van der Waals surface area contributed by atoms with Crippen molar-refractivity contribution in [2.45, 2.75) is 95.9 Å². The van der Waals surface area contributed by atoms with Gasteiger partial charge in [0.2, 0.25) is 0 Å². The molecule has 0 bridgehead atoms. The summed E-state index contributed by atoms with van der Waals surface area (Å²) in [6.45, 7) is 14.3. The molecule has 0 unspecified atom stereocenters. The van der Waals surface area contributed by atoms with Crippen molar-refractivity contribution >= 4 is 14.1 Å². The zero-order chi connectivity index (χ0) is 14.7. The average molecular weight is 282 g/mol. The fourth-order valence-electron chi connectivity index (χ4n) is 3.35. The van der Waals surface area contributed by atoms with Gasteiger partial charge in [0.25, 0.3) is 14.1 Å². The van der Waals surface area contributed by atoms with Gasteiger partial charge in [-0.15, -0.1) is 0 Å². The van der Waals surface area contributed by atoms with Crippen LogP contribution in [0.1, 0.15) is 80.1 Å². The Bertz CT molecular complexity index is 145. The van der Waals surface area contributed by atoms with Gasteiger partial charge in [-0.05, 0) is 0 Å². The van der Waals surface area contributed by atoms with Gasteiger partial charge in [-0.25, -0.2) is 0 Å². The summed E-state index contributed by atoms with van der Waals surface area (Å²) < 4.78 is 0. The molecule has 0 atom stereocenters. The van der Waals surface area contributed by atoms with Gasteiger partial charge in [0.05, 0.1) is 0 Å². The van der Waals surface area contributed by atoms with E-state index in [1.54, 1.807) is 15.8 Å². The van der Waals surface area contributed by atoms with Crippen molar-refractivity contribution < 1.29 is 0 Å². The van der Waals surface area contributed by atoms with E-state index in [1.807, 2.05) is 0 Å². The molecule has 0 N–H and O–H groups in total. The second-order valence-corrected chi connectivity index (χ2v) is 11.0. The van der Waals surface area contributed by atoms with Crippen LogP contribution < -0.4 is 0 Å². The van der Waals surface area contributed by atoms with Crippen molar-refractivity contribution in [1.29, 1.82) is 0 Å². The molecule has 1 heteroatoms. The first-order chi connectivity index (χ1) is 8.91. The lowest BCUT2D eigenvalue weighted by Crippen LogP contribution is -2.19. The van der Waals surface area contributed by atoms with Crippen LogP contribution in [0.25, 0.3) is 0 Å². The minimum Gasteiger partial charge on any atom is -0.0915 e. The molecule has 1 aliphatic rings. The highest BCUT2D eigenvalue weighted by molar-refractivity contribution is 6.58. The standard InChI is InChI=1S/C6H12.3C4H9.Al/c1-2-4-6-5-3-1;3*1-4(2)3;/h1-6H2;3*4H,1H2,2-3H3;. The molecular weight excluding hydrogens is 243 g/mol. The Morgan fingerprint density at radius 3 is 0.895 bits per heavy atom. The lowest BCUT2D eigenvalue weighted by Gasteiger charge is -2.17. The van der Waals surface area contributed by atoms with Gasteiger partial charge in [0.15, 0.2) is 0 Å². The molecule has 0 aromatic heterocycles. The van der Waals surface area contributed by atoms with Gasteiger partial charge in [-0.2, -0.15) is 0 Å². The summed E-state index contributed by atoms with van der Waals surface area (Å²) in [6, 6.07) is 0. The van der Waals surface area contributed by atoms with Crippen molar-refractivity contribution in [3.05, 3.63) is 0 Å². The van der Waals surface area contributed by atoms with Crippen molar-refractivity contribution in [1.82, 2.24) is 0 Å². The number of hydrogen-bond donors (Lipinski definition) is 0. The smallest absolute Gasteiger partial charge is 0.0915 e. The zero-order valence-corrected chi connectivity index (χ0v) is 15.8. The second-order valence-electron chi connectivity index (χ2n) is 7.88. The first-order valence-electron chi connectivity index (χ1n) is 8.91. The third-order valence-electron chi connectivity index (χ3n) is 3.91. The lowest BCUT2D eigenvalue weighted by atomic mass is 10.0. The summed E-state index contributed by atoms with van der Waals surface area (Å²) >= 11 is -0.407. The van der Waals surface area contributed by atoms with Gasteiger partial charge in [0.1, 0.15) is 0 Å². The molecular formula is C18H39Al. The van der Waals surface area contributed by atoms with Gasteiger partial charge in [-0.3, -0.25) is 0 Å². The Morgan fingerprint density at radius 2 is 0.737 bits per heavy atom. The highest BCUT2D eigenvalue weighted by atomic mass is 27.2. The van der Waals surface area contributed by atoms with Crippen molar-refractivity contribution in [2.24, 2.45) is 17.8 Å². The first kappa shape index (κ1) is 19.5. The van der Waals surface area contributed by atoms with Crippen molar-refractivity contribution in [3.63, 3.8) is 0 Å². The maximum absolute atomic E-state index is 2.38. The third-order valence-corrected chi connectivity index (χ3v) is 8.74. The predicted molar refractivity (Wildman–Crippen MR) is 92.4 cm³/mol. The summed E-state index contributed by atoms with van der Waals surface area (Å²) in [4.78, 5) is 0. The molecule has 0 heterocycles. The Labute approximate surface area is 128 Å². The van der Waals surface area contributed by atoms with Crippen molar-refractivity contribution in [3.8, 4) is 0 Å². The average Bonchev–Trinajstić information content (AvgIpc) is 2.29. The van der Waals surface area contributed by atoms with Gasteiger partial charge in [-0.1, -0.05) is 114 Å². The molecule has 0 nitrogen and oxygen atoms in total. The predicted octanol–water partition coefficient (Wildman–Crippen LogP) is 6.79. The van der Waals surface area contributed by atoms with E-state index in [1.165, 1.54) is 38.5 Å². The number of hydrogen-bond acceptors (Lipinski definition) is 0. The Hall–Kier alpha value is 0.532. The fraction of sp³-hybridized carbons (Fsp3) is 1.00. The summed E-state index contributed by atoms with van der Waals surface area (Å²) in [5.41, 5.74) is 0. The lowest BCUT2D eigenvalue weighted by molar-refractivity contribution is 0.504. The van der Waals surface area contributed by atoms with Crippen molar-refractivity contribution in [2.75, 3.05) is 0 Å². The Morgan fingerprint density at radius 1 is 0.526 bits per heavy atom.